The van der Waals surface area contributed by atoms with Gasteiger partial charge in [-0.2, -0.15) is 15.0 Å². The zero-order chi connectivity index (χ0) is 14.7. The van der Waals surface area contributed by atoms with Crippen LogP contribution in [-0.4, -0.2) is 20.9 Å². The molecule has 0 atom stereocenters. The number of halogens is 2. The molecule has 0 aliphatic carbocycles. The molecule has 2 aromatic rings. The minimum atomic E-state index is -0.658. The highest BCUT2D eigenvalue weighted by Gasteiger charge is 2.13. The largest absolute Gasteiger partial charge is 0.454 e. The Balaban J connectivity index is 2.08. The van der Waals surface area contributed by atoms with E-state index < -0.39 is 11.8 Å². The van der Waals surface area contributed by atoms with Crippen molar-refractivity contribution in [2.24, 2.45) is 0 Å². The van der Waals surface area contributed by atoms with E-state index >= 15 is 0 Å². The number of aromatic nitrogens is 3. The Bertz CT molecular complexity index is 647. The summed E-state index contributed by atoms with van der Waals surface area (Å²) in [7, 11) is 0. The van der Waals surface area contributed by atoms with Crippen molar-refractivity contribution in [1.29, 1.82) is 0 Å². The van der Waals surface area contributed by atoms with Crippen LogP contribution in [0.1, 0.15) is 16.2 Å². The summed E-state index contributed by atoms with van der Waals surface area (Å²) in [5.41, 5.74) is 11.0. The summed E-state index contributed by atoms with van der Waals surface area (Å²) in [5.74, 6) is -1.12. The quantitative estimate of drug-likeness (QED) is 0.807. The number of carbonyl (C=O) groups excluding carboxylic acids is 1. The molecule has 0 fully saturated rings. The molecule has 7 nitrogen and oxygen atoms in total. The second-order valence-corrected chi connectivity index (χ2v) is 4.52. The van der Waals surface area contributed by atoms with E-state index in [0.717, 1.165) is 12.1 Å². The second-order valence-electron chi connectivity index (χ2n) is 3.67. The number of nitrogen functional groups attached to an aromatic ring is 2. The molecule has 104 valence electrons. The van der Waals surface area contributed by atoms with Gasteiger partial charge in [0.1, 0.15) is 5.82 Å². The molecule has 0 aliphatic rings. The first kappa shape index (κ1) is 14.1. The maximum Gasteiger partial charge on any atom is 0.339 e. The van der Waals surface area contributed by atoms with Gasteiger partial charge >= 0.3 is 5.97 Å². The van der Waals surface area contributed by atoms with Crippen LogP contribution in [0.25, 0.3) is 0 Å². The molecule has 0 spiro atoms. The van der Waals surface area contributed by atoms with E-state index in [1.54, 1.807) is 0 Å². The number of nitrogens with zero attached hydrogens (tertiary/aromatic N) is 3. The van der Waals surface area contributed by atoms with E-state index in [1.807, 2.05) is 0 Å². The first-order valence-corrected chi connectivity index (χ1v) is 6.13. The van der Waals surface area contributed by atoms with Gasteiger partial charge in [-0.25, -0.2) is 9.18 Å². The molecular weight excluding hydrogens is 333 g/mol. The molecule has 1 aromatic carbocycles. The minimum Gasteiger partial charge on any atom is -0.454 e. The number of hydrogen-bond donors (Lipinski definition) is 2. The maximum absolute atomic E-state index is 12.9. The van der Waals surface area contributed by atoms with E-state index in [0.29, 0.717) is 0 Å². The predicted molar refractivity (Wildman–Crippen MR) is 71.9 cm³/mol. The van der Waals surface area contributed by atoms with Crippen LogP contribution in [0.2, 0.25) is 0 Å². The number of hydrogen-bond acceptors (Lipinski definition) is 7. The molecule has 0 unspecified atom stereocenters. The highest BCUT2D eigenvalue weighted by Crippen LogP contribution is 2.19. The van der Waals surface area contributed by atoms with E-state index in [4.69, 9.17) is 16.2 Å². The molecule has 2 rings (SSSR count). The number of carbonyl (C=O) groups is 1. The van der Waals surface area contributed by atoms with Crippen LogP contribution in [0.15, 0.2) is 22.7 Å². The number of rotatable bonds is 3. The molecule has 0 aliphatic heterocycles. The Kier molecular flexibility index (Phi) is 4.08. The third-order valence-corrected chi connectivity index (χ3v) is 2.86. The fourth-order valence-corrected chi connectivity index (χ4v) is 1.90. The lowest BCUT2D eigenvalue weighted by Gasteiger charge is -2.06. The van der Waals surface area contributed by atoms with Crippen molar-refractivity contribution >= 4 is 33.8 Å². The minimum absolute atomic E-state index is 0.0634. The third-order valence-electron chi connectivity index (χ3n) is 2.20. The van der Waals surface area contributed by atoms with Gasteiger partial charge in [0.25, 0.3) is 0 Å². The Morgan fingerprint density at radius 2 is 1.90 bits per heavy atom. The van der Waals surface area contributed by atoms with Crippen LogP contribution in [0, 0.1) is 5.82 Å². The zero-order valence-corrected chi connectivity index (χ0v) is 11.6. The topological polar surface area (TPSA) is 117 Å². The van der Waals surface area contributed by atoms with Crippen molar-refractivity contribution in [3.8, 4) is 0 Å². The Morgan fingerprint density at radius 3 is 2.50 bits per heavy atom. The standard InChI is InChI=1S/C11H9BrFN5O2/c12-7-3-5(13)1-2-6(7)9(19)20-4-8-16-10(14)18-11(15)17-8/h1-3H,4H2,(H4,14,15,16,17,18). The van der Waals surface area contributed by atoms with Crippen molar-refractivity contribution in [1.82, 2.24) is 15.0 Å². The number of anilines is 2. The Hall–Kier alpha value is -2.29. The van der Waals surface area contributed by atoms with Crippen LogP contribution < -0.4 is 11.5 Å². The van der Waals surface area contributed by atoms with Crippen molar-refractivity contribution in [2.75, 3.05) is 11.5 Å². The van der Waals surface area contributed by atoms with E-state index in [-0.39, 0.29) is 34.4 Å². The lowest BCUT2D eigenvalue weighted by Crippen LogP contribution is -2.11. The number of ether oxygens (including phenoxy) is 1. The molecule has 4 N–H and O–H groups in total. The van der Waals surface area contributed by atoms with Gasteiger partial charge in [-0.3, -0.25) is 0 Å². The van der Waals surface area contributed by atoms with Crippen LogP contribution in [0.4, 0.5) is 16.3 Å². The van der Waals surface area contributed by atoms with E-state index in [1.165, 1.54) is 6.07 Å². The summed E-state index contributed by atoms with van der Waals surface area (Å²) >= 11 is 3.08. The fraction of sp³-hybridized carbons (Fsp3) is 0.0909. The summed E-state index contributed by atoms with van der Waals surface area (Å²) in [6.45, 7) is -0.223. The van der Waals surface area contributed by atoms with Crippen LogP contribution in [0.5, 0.6) is 0 Å². The molecule has 9 heteroatoms. The van der Waals surface area contributed by atoms with Crippen molar-refractivity contribution < 1.29 is 13.9 Å². The lowest BCUT2D eigenvalue weighted by atomic mass is 10.2. The van der Waals surface area contributed by atoms with Crippen molar-refractivity contribution in [3.05, 3.63) is 39.9 Å². The van der Waals surface area contributed by atoms with Crippen LogP contribution in [-0.2, 0) is 11.3 Å². The number of nitrogens with two attached hydrogens (primary N) is 2. The SMILES string of the molecule is Nc1nc(N)nc(COC(=O)c2ccc(F)cc2Br)n1. The van der Waals surface area contributed by atoms with Gasteiger partial charge in [0.2, 0.25) is 11.9 Å². The van der Waals surface area contributed by atoms with Gasteiger partial charge in [0, 0.05) is 4.47 Å². The molecule has 1 aromatic heterocycles. The van der Waals surface area contributed by atoms with Gasteiger partial charge in [-0.05, 0) is 34.1 Å². The summed E-state index contributed by atoms with van der Waals surface area (Å²) in [4.78, 5) is 22.9. The van der Waals surface area contributed by atoms with Crippen LogP contribution in [0.3, 0.4) is 0 Å². The Morgan fingerprint density at radius 1 is 1.25 bits per heavy atom. The average molecular weight is 342 g/mol. The van der Waals surface area contributed by atoms with E-state index in [9.17, 15) is 9.18 Å². The van der Waals surface area contributed by atoms with Gasteiger partial charge in [0.05, 0.1) is 5.56 Å². The highest BCUT2D eigenvalue weighted by molar-refractivity contribution is 9.10. The summed E-state index contributed by atoms with van der Waals surface area (Å²) in [6.07, 6.45) is 0. The molecule has 0 radical (unpaired) electrons. The molecule has 0 bridgehead atoms. The zero-order valence-electron chi connectivity index (χ0n) is 10.0. The molecule has 20 heavy (non-hydrogen) atoms. The fourth-order valence-electron chi connectivity index (χ4n) is 1.38. The first-order valence-electron chi connectivity index (χ1n) is 5.34. The van der Waals surface area contributed by atoms with Gasteiger partial charge in [0.15, 0.2) is 12.4 Å². The second kappa shape index (κ2) is 5.78. The van der Waals surface area contributed by atoms with Gasteiger partial charge in [-0.1, -0.05) is 0 Å². The highest BCUT2D eigenvalue weighted by atomic mass is 79.9. The summed E-state index contributed by atoms with van der Waals surface area (Å²) in [6, 6.07) is 3.62. The number of benzene rings is 1. The normalized spacial score (nSPS) is 10.3. The Labute approximate surface area is 121 Å². The van der Waals surface area contributed by atoms with Gasteiger partial charge in [-0.15, -0.1) is 0 Å². The monoisotopic (exact) mass is 341 g/mol. The molecule has 1 heterocycles. The number of esters is 1. The summed E-state index contributed by atoms with van der Waals surface area (Å²) in [5, 5.41) is 0. The maximum atomic E-state index is 12.9. The summed E-state index contributed by atoms with van der Waals surface area (Å²) < 4.78 is 18.2. The molecule has 0 amide bonds. The van der Waals surface area contributed by atoms with Crippen LogP contribution >= 0.6 is 15.9 Å². The van der Waals surface area contributed by atoms with Gasteiger partial charge < -0.3 is 16.2 Å². The molecular formula is C11H9BrFN5O2. The average Bonchev–Trinajstić information content (AvgIpc) is 2.35. The first-order chi connectivity index (χ1) is 9.45. The molecule has 0 saturated heterocycles. The molecule has 0 saturated carbocycles. The van der Waals surface area contributed by atoms with E-state index in [2.05, 4.69) is 30.9 Å². The van der Waals surface area contributed by atoms with Crippen molar-refractivity contribution in [2.45, 2.75) is 6.61 Å². The third kappa shape index (κ3) is 3.38. The van der Waals surface area contributed by atoms with Crippen molar-refractivity contribution in [3.63, 3.8) is 0 Å². The smallest absolute Gasteiger partial charge is 0.339 e. The predicted octanol–water partition coefficient (Wildman–Crippen LogP) is 1.29. The lowest BCUT2D eigenvalue weighted by molar-refractivity contribution is 0.0461.